The third-order valence-corrected chi connectivity index (χ3v) is 5.31. The summed E-state index contributed by atoms with van der Waals surface area (Å²) in [6.07, 6.45) is 4.50. The molecule has 2 aromatic rings. The summed E-state index contributed by atoms with van der Waals surface area (Å²) in [6.45, 7) is 1.42. The molecular weight excluding hydrogens is 358 g/mol. The number of guanidine groups is 1. The number of rotatable bonds is 4. The van der Waals surface area contributed by atoms with E-state index >= 15 is 0 Å². The van der Waals surface area contributed by atoms with Crippen molar-refractivity contribution >= 4 is 17.9 Å². The molecule has 0 unspecified atom stereocenters. The quantitative estimate of drug-likeness (QED) is 0.719. The van der Waals surface area contributed by atoms with Crippen LogP contribution >= 0.6 is 0 Å². The number of piperidine rings is 1. The van der Waals surface area contributed by atoms with E-state index in [9.17, 15) is 9.59 Å². The highest BCUT2D eigenvalue weighted by molar-refractivity contribution is 6.06. The van der Waals surface area contributed by atoms with Gasteiger partial charge in [-0.1, -0.05) is 30.3 Å². The lowest BCUT2D eigenvalue weighted by Gasteiger charge is -2.36. The van der Waals surface area contributed by atoms with E-state index in [4.69, 9.17) is 5.73 Å². The van der Waals surface area contributed by atoms with E-state index in [0.29, 0.717) is 32.5 Å². The van der Waals surface area contributed by atoms with Gasteiger partial charge in [-0.05, 0) is 24.5 Å². The molecule has 146 valence electrons. The van der Waals surface area contributed by atoms with E-state index in [2.05, 4.69) is 20.7 Å². The molecule has 0 aliphatic carbocycles. The lowest BCUT2D eigenvalue weighted by Crippen LogP contribution is -2.53. The summed E-state index contributed by atoms with van der Waals surface area (Å²) in [5, 5.41) is 9.91. The zero-order valence-corrected chi connectivity index (χ0v) is 15.4. The van der Waals surface area contributed by atoms with E-state index in [-0.39, 0.29) is 23.9 Å². The minimum atomic E-state index is -0.825. The smallest absolute Gasteiger partial charge is 0.317 e. The van der Waals surface area contributed by atoms with Crippen LogP contribution in [-0.4, -0.2) is 51.2 Å². The first-order valence-corrected chi connectivity index (χ1v) is 9.30. The van der Waals surface area contributed by atoms with Gasteiger partial charge in [-0.25, -0.2) is 9.79 Å². The van der Waals surface area contributed by atoms with Gasteiger partial charge in [-0.2, -0.15) is 5.10 Å². The number of nitrogens with one attached hydrogen (secondary N) is 2. The Morgan fingerprint density at radius 1 is 1.25 bits per heavy atom. The molecule has 9 heteroatoms. The fourth-order valence-corrected chi connectivity index (χ4v) is 3.72. The van der Waals surface area contributed by atoms with Crippen molar-refractivity contribution < 1.29 is 9.59 Å². The van der Waals surface area contributed by atoms with Gasteiger partial charge in [-0.15, -0.1) is 0 Å². The number of urea groups is 1. The predicted molar refractivity (Wildman–Crippen MR) is 103 cm³/mol. The number of carbonyl (C=O) groups excluding carboxylic acids is 2. The van der Waals surface area contributed by atoms with Crippen LogP contribution in [-0.2, 0) is 11.3 Å². The molecule has 3 amide bonds. The molecule has 0 bridgehead atoms. The monoisotopic (exact) mass is 381 g/mol. The van der Waals surface area contributed by atoms with Gasteiger partial charge in [0.1, 0.15) is 5.54 Å². The van der Waals surface area contributed by atoms with E-state index in [1.54, 1.807) is 15.8 Å². The second-order valence-electron chi connectivity index (χ2n) is 7.11. The Kier molecular flexibility index (Phi) is 4.72. The van der Waals surface area contributed by atoms with Crippen molar-refractivity contribution in [3.8, 4) is 0 Å². The van der Waals surface area contributed by atoms with Crippen LogP contribution in [0.4, 0.5) is 4.79 Å². The molecule has 4 N–H and O–H groups in total. The van der Waals surface area contributed by atoms with Gasteiger partial charge in [0, 0.05) is 25.5 Å². The summed E-state index contributed by atoms with van der Waals surface area (Å²) in [7, 11) is 0. The first kappa shape index (κ1) is 18.0. The Morgan fingerprint density at radius 3 is 2.61 bits per heavy atom. The molecule has 4 rings (SSSR count). The lowest BCUT2D eigenvalue weighted by molar-refractivity contribution is -0.125. The molecular formula is C19H23N7O2. The topological polar surface area (TPSA) is 118 Å². The Balaban J connectivity index is 1.43. The van der Waals surface area contributed by atoms with E-state index < -0.39 is 5.54 Å². The van der Waals surface area contributed by atoms with Crippen molar-refractivity contribution in [1.29, 1.82) is 0 Å². The van der Waals surface area contributed by atoms with E-state index in [1.165, 1.54) is 0 Å². The number of likely N-dealkylation sites (tertiary alicyclic amines) is 1. The number of amides is 3. The van der Waals surface area contributed by atoms with Crippen molar-refractivity contribution in [2.45, 2.75) is 31.0 Å². The minimum absolute atomic E-state index is 0.159. The van der Waals surface area contributed by atoms with Crippen LogP contribution in [0.3, 0.4) is 0 Å². The summed E-state index contributed by atoms with van der Waals surface area (Å²) in [5.74, 6) is -0.0165. The highest BCUT2D eigenvalue weighted by Gasteiger charge is 2.46. The highest BCUT2D eigenvalue weighted by Crippen LogP contribution is 2.29. The number of nitrogens with two attached hydrogens (primary N) is 1. The molecule has 9 nitrogen and oxygen atoms in total. The summed E-state index contributed by atoms with van der Waals surface area (Å²) < 4.78 is 1.80. The predicted octanol–water partition coefficient (Wildman–Crippen LogP) is 0.613. The molecule has 1 aromatic carbocycles. The molecule has 1 spiro atoms. The molecule has 1 saturated heterocycles. The van der Waals surface area contributed by atoms with Crippen LogP contribution in [0.1, 0.15) is 24.4 Å². The van der Waals surface area contributed by atoms with Gasteiger partial charge in [-0.3, -0.25) is 14.8 Å². The van der Waals surface area contributed by atoms with Gasteiger partial charge in [0.2, 0.25) is 0 Å². The van der Waals surface area contributed by atoms with Crippen LogP contribution in [0.15, 0.2) is 53.8 Å². The zero-order valence-electron chi connectivity index (χ0n) is 15.4. The maximum Gasteiger partial charge on any atom is 0.317 e. The number of hydrogen-bond acceptors (Lipinski definition) is 5. The number of carbonyl (C=O) groups is 2. The van der Waals surface area contributed by atoms with Crippen LogP contribution in [0.2, 0.25) is 0 Å². The number of aromatic nitrogens is 2. The maximum absolute atomic E-state index is 12.9. The summed E-state index contributed by atoms with van der Waals surface area (Å²) >= 11 is 0. The molecule has 0 saturated carbocycles. The first-order valence-electron chi connectivity index (χ1n) is 9.30. The molecule has 1 fully saturated rings. The Hall–Kier alpha value is -3.36. The highest BCUT2D eigenvalue weighted by atomic mass is 16.2. The first-order chi connectivity index (χ1) is 13.6. The van der Waals surface area contributed by atoms with Gasteiger partial charge in [0.05, 0.1) is 12.6 Å². The molecule has 1 atom stereocenters. The summed E-state index contributed by atoms with van der Waals surface area (Å²) in [5.41, 5.74) is 5.82. The average molecular weight is 381 g/mol. The van der Waals surface area contributed by atoms with Crippen molar-refractivity contribution in [1.82, 2.24) is 25.3 Å². The Labute approximate surface area is 162 Å². The lowest BCUT2D eigenvalue weighted by atomic mass is 9.88. The number of benzene rings is 1. The van der Waals surface area contributed by atoms with E-state index in [0.717, 1.165) is 5.56 Å². The second kappa shape index (κ2) is 7.34. The molecule has 3 heterocycles. The summed E-state index contributed by atoms with van der Waals surface area (Å²) in [4.78, 5) is 31.0. The van der Waals surface area contributed by atoms with Crippen molar-refractivity contribution in [2.24, 2.45) is 10.7 Å². The molecule has 2 aliphatic rings. The largest absolute Gasteiger partial charge is 0.370 e. The van der Waals surface area contributed by atoms with Gasteiger partial charge < -0.3 is 16.0 Å². The molecule has 2 aliphatic heterocycles. The van der Waals surface area contributed by atoms with Crippen LogP contribution in [0.5, 0.6) is 0 Å². The standard InChI is InChI=1S/C19H23N7O2/c20-17-23-16(27)19(24-17)7-11-25(12-8-19)18(28)22-15(13-26-10-4-9-21-26)14-5-2-1-3-6-14/h1-6,9-10,15H,7-8,11-13H2,(H,22,28)(H3,20,23,24,27)/t15-/m0/s1. The zero-order chi connectivity index (χ0) is 19.6. The molecule has 28 heavy (non-hydrogen) atoms. The third-order valence-electron chi connectivity index (χ3n) is 5.31. The maximum atomic E-state index is 12.9. The number of nitrogens with zero attached hydrogens (tertiary/aromatic N) is 4. The van der Waals surface area contributed by atoms with Crippen LogP contribution in [0.25, 0.3) is 0 Å². The van der Waals surface area contributed by atoms with Crippen molar-refractivity contribution in [3.05, 3.63) is 54.4 Å². The van der Waals surface area contributed by atoms with Gasteiger partial charge in [0.25, 0.3) is 5.91 Å². The molecule has 1 aromatic heterocycles. The van der Waals surface area contributed by atoms with E-state index in [1.807, 2.05) is 42.6 Å². The fraction of sp³-hybridized carbons (Fsp3) is 0.368. The summed E-state index contributed by atoms with van der Waals surface area (Å²) in [6, 6.07) is 11.3. The fourth-order valence-electron chi connectivity index (χ4n) is 3.72. The normalized spacial score (nSPS) is 19.2. The van der Waals surface area contributed by atoms with Crippen LogP contribution < -0.4 is 16.4 Å². The van der Waals surface area contributed by atoms with Crippen molar-refractivity contribution in [2.75, 3.05) is 13.1 Å². The van der Waals surface area contributed by atoms with Crippen molar-refractivity contribution in [3.63, 3.8) is 0 Å². The number of hydrogen-bond donors (Lipinski definition) is 3. The second-order valence-corrected chi connectivity index (χ2v) is 7.11. The molecule has 0 radical (unpaired) electrons. The Bertz CT molecular complexity index is 871. The number of aliphatic imine (C=N–C) groups is 1. The minimum Gasteiger partial charge on any atom is -0.370 e. The van der Waals surface area contributed by atoms with Gasteiger partial charge >= 0.3 is 6.03 Å². The third kappa shape index (κ3) is 3.55. The Morgan fingerprint density at radius 2 is 2.00 bits per heavy atom. The van der Waals surface area contributed by atoms with Crippen LogP contribution in [0, 0.1) is 0 Å². The average Bonchev–Trinajstić information content (AvgIpc) is 3.30. The SMILES string of the molecule is NC1=NC2(CCN(C(=O)N[C@@H](Cn3cccn3)c3ccccc3)CC2)C(=O)N1. The van der Waals surface area contributed by atoms with Gasteiger partial charge in [0.15, 0.2) is 5.96 Å².